The summed E-state index contributed by atoms with van der Waals surface area (Å²) in [6.07, 6.45) is 8.29. The van der Waals surface area contributed by atoms with Gasteiger partial charge in [0.15, 0.2) is 0 Å². The lowest BCUT2D eigenvalue weighted by molar-refractivity contribution is -0.147. The van der Waals surface area contributed by atoms with Crippen molar-refractivity contribution in [2.24, 2.45) is 11.8 Å². The molecule has 3 N–H and O–H groups in total. The molecule has 0 radical (unpaired) electrons. The normalized spacial score (nSPS) is 23.2. The summed E-state index contributed by atoms with van der Waals surface area (Å²) in [5, 5.41) is 16.0. The Bertz CT molecular complexity index is 752. The second kappa shape index (κ2) is 9.07. The van der Waals surface area contributed by atoms with Gasteiger partial charge in [0.2, 0.25) is 5.91 Å². The summed E-state index contributed by atoms with van der Waals surface area (Å²) in [6, 6.07) is 0.194. The zero-order valence-corrected chi connectivity index (χ0v) is 17.5. The highest BCUT2D eigenvalue weighted by Gasteiger charge is 2.36. The first kappa shape index (κ1) is 20.8. The Morgan fingerprint density at radius 1 is 0.929 bits per heavy atom. The molecule has 1 aromatic rings. The molecule has 1 aromatic heterocycles. The minimum absolute atomic E-state index is 0.137. The van der Waals surface area contributed by atoms with Gasteiger partial charge in [0.25, 0.3) is 5.91 Å². The van der Waals surface area contributed by atoms with Crippen molar-refractivity contribution in [1.82, 2.24) is 5.32 Å². The van der Waals surface area contributed by atoms with E-state index in [4.69, 9.17) is 0 Å². The molecular weight excluding hydrogens is 376 g/mol. The van der Waals surface area contributed by atoms with Gasteiger partial charge in [-0.3, -0.25) is 14.4 Å². The quantitative estimate of drug-likeness (QED) is 0.681. The number of anilines is 1. The second-order valence-electron chi connectivity index (χ2n) is 8.12. The fourth-order valence-corrected chi connectivity index (χ4v) is 5.50. The molecule has 154 valence electrons. The number of thiophene rings is 1. The lowest BCUT2D eigenvalue weighted by Gasteiger charge is -2.27. The average molecular weight is 407 g/mol. The predicted octanol–water partition coefficient (Wildman–Crippen LogP) is 4.26. The van der Waals surface area contributed by atoms with Crippen LogP contribution in [0.15, 0.2) is 0 Å². The number of hydrogen-bond donors (Lipinski definition) is 3. The Morgan fingerprint density at radius 2 is 1.54 bits per heavy atom. The standard InChI is InChI=1S/C21H30N2O4S/c1-12-13(2)28-20(17(12)19(25)22-14-8-4-3-5-9-14)23-18(24)15-10-6-7-11-16(15)21(26)27/h14-16H,3-11H2,1-2H3,(H,22,25)(H,23,24)(H,26,27)/t15-,16-/m1/s1. The fourth-order valence-electron chi connectivity index (χ4n) is 4.44. The second-order valence-corrected chi connectivity index (χ2v) is 9.35. The van der Waals surface area contributed by atoms with Crippen LogP contribution in [0.5, 0.6) is 0 Å². The van der Waals surface area contributed by atoms with Gasteiger partial charge >= 0.3 is 5.97 Å². The average Bonchev–Trinajstić information content (AvgIpc) is 2.96. The Hall–Kier alpha value is -1.89. The highest BCUT2D eigenvalue weighted by molar-refractivity contribution is 7.16. The molecular formula is C21H30N2O4S. The molecule has 0 spiro atoms. The first-order valence-corrected chi connectivity index (χ1v) is 11.1. The van der Waals surface area contributed by atoms with Crippen molar-refractivity contribution in [1.29, 1.82) is 0 Å². The van der Waals surface area contributed by atoms with Crippen molar-refractivity contribution < 1.29 is 19.5 Å². The van der Waals surface area contributed by atoms with Crippen molar-refractivity contribution in [3.05, 3.63) is 16.0 Å². The van der Waals surface area contributed by atoms with E-state index in [1.807, 2.05) is 13.8 Å². The van der Waals surface area contributed by atoms with Crippen LogP contribution in [-0.4, -0.2) is 28.9 Å². The molecule has 0 aliphatic heterocycles. The molecule has 2 aliphatic carbocycles. The third-order valence-corrected chi connectivity index (χ3v) is 7.33. The van der Waals surface area contributed by atoms with Crippen LogP contribution in [0.3, 0.4) is 0 Å². The number of aliphatic carboxylic acids is 1. The van der Waals surface area contributed by atoms with Crippen LogP contribution in [0.25, 0.3) is 0 Å². The van der Waals surface area contributed by atoms with E-state index in [1.165, 1.54) is 17.8 Å². The van der Waals surface area contributed by atoms with Gasteiger partial charge in [-0.2, -0.15) is 0 Å². The maximum Gasteiger partial charge on any atom is 0.307 e. The molecule has 2 atom stereocenters. The molecule has 0 unspecified atom stereocenters. The summed E-state index contributed by atoms with van der Waals surface area (Å²) in [4.78, 5) is 38.3. The zero-order valence-electron chi connectivity index (χ0n) is 16.7. The van der Waals surface area contributed by atoms with E-state index in [0.29, 0.717) is 23.4 Å². The number of rotatable bonds is 5. The minimum Gasteiger partial charge on any atom is -0.481 e. The molecule has 2 amide bonds. The molecule has 2 aliphatic rings. The van der Waals surface area contributed by atoms with Crippen LogP contribution in [0.1, 0.15) is 78.6 Å². The molecule has 1 heterocycles. The first-order valence-electron chi connectivity index (χ1n) is 10.3. The third kappa shape index (κ3) is 4.57. The topological polar surface area (TPSA) is 95.5 Å². The summed E-state index contributed by atoms with van der Waals surface area (Å²) in [7, 11) is 0. The summed E-state index contributed by atoms with van der Waals surface area (Å²) in [6.45, 7) is 3.84. The van der Waals surface area contributed by atoms with Crippen LogP contribution in [0, 0.1) is 25.7 Å². The summed E-state index contributed by atoms with van der Waals surface area (Å²) in [5.74, 6) is -2.50. The van der Waals surface area contributed by atoms with Crippen LogP contribution < -0.4 is 10.6 Å². The number of nitrogens with one attached hydrogen (secondary N) is 2. The Morgan fingerprint density at radius 3 is 2.18 bits per heavy atom. The van der Waals surface area contributed by atoms with Crippen molar-refractivity contribution in [3.8, 4) is 0 Å². The van der Waals surface area contributed by atoms with Gasteiger partial charge in [-0.15, -0.1) is 11.3 Å². The SMILES string of the molecule is Cc1sc(NC(=O)[C@@H]2CCCC[C@H]2C(=O)O)c(C(=O)NC2CCCCC2)c1C. The molecule has 6 nitrogen and oxygen atoms in total. The van der Waals surface area contributed by atoms with Gasteiger partial charge < -0.3 is 15.7 Å². The molecule has 2 saturated carbocycles. The number of aryl methyl sites for hydroxylation is 1. The molecule has 0 saturated heterocycles. The van der Waals surface area contributed by atoms with E-state index in [-0.39, 0.29) is 17.9 Å². The number of carboxylic acids is 1. The minimum atomic E-state index is -0.909. The molecule has 28 heavy (non-hydrogen) atoms. The largest absolute Gasteiger partial charge is 0.481 e. The monoisotopic (exact) mass is 406 g/mol. The van der Waals surface area contributed by atoms with Gasteiger partial charge in [0.05, 0.1) is 17.4 Å². The molecule has 2 fully saturated rings. The predicted molar refractivity (Wildman–Crippen MR) is 110 cm³/mol. The number of amides is 2. The van der Waals surface area contributed by atoms with Crippen molar-refractivity contribution in [3.63, 3.8) is 0 Å². The van der Waals surface area contributed by atoms with E-state index in [1.54, 1.807) is 0 Å². The van der Waals surface area contributed by atoms with Gasteiger partial charge in [-0.1, -0.05) is 32.1 Å². The van der Waals surface area contributed by atoms with Gasteiger partial charge in [-0.25, -0.2) is 0 Å². The van der Waals surface area contributed by atoms with Crippen molar-refractivity contribution >= 4 is 34.1 Å². The lowest BCUT2D eigenvalue weighted by atomic mass is 9.79. The number of carbonyl (C=O) groups excluding carboxylic acids is 2. The Labute approximate surface area is 170 Å². The van der Waals surface area contributed by atoms with Crippen LogP contribution in [0.4, 0.5) is 5.00 Å². The van der Waals surface area contributed by atoms with E-state index < -0.39 is 17.8 Å². The lowest BCUT2D eigenvalue weighted by Crippen LogP contribution is -2.38. The first-order chi connectivity index (χ1) is 13.4. The Kier molecular flexibility index (Phi) is 6.75. The molecule has 0 bridgehead atoms. The van der Waals surface area contributed by atoms with Gasteiger partial charge in [0.1, 0.15) is 5.00 Å². The molecule has 7 heteroatoms. The van der Waals surface area contributed by atoms with Crippen LogP contribution in [0.2, 0.25) is 0 Å². The van der Waals surface area contributed by atoms with E-state index in [2.05, 4.69) is 10.6 Å². The summed E-state index contributed by atoms with van der Waals surface area (Å²) < 4.78 is 0. The highest BCUT2D eigenvalue weighted by atomic mass is 32.1. The van der Waals surface area contributed by atoms with Crippen molar-refractivity contribution in [2.45, 2.75) is 77.7 Å². The van der Waals surface area contributed by atoms with Gasteiger partial charge in [-0.05, 0) is 45.1 Å². The smallest absolute Gasteiger partial charge is 0.307 e. The Balaban J connectivity index is 1.76. The maximum absolute atomic E-state index is 12.9. The van der Waals surface area contributed by atoms with E-state index in [0.717, 1.165) is 49.0 Å². The molecule has 3 rings (SSSR count). The highest BCUT2D eigenvalue weighted by Crippen LogP contribution is 2.36. The van der Waals surface area contributed by atoms with E-state index >= 15 is 0 Å². The number of carboxylic acid groups (broad SMARTS) is 1. The summed E-state index contributed by atoms with van der Waals surface area (Å²) >= 11 is 1.39. The van der Waals surface area contributed by atoms with Crippen molar-refractivity contribution in [2.75, 3.05) is 5.32 Å². The van der Waals surface area contributed by atoms with Crippen LogP contribution >= 0.6 is 11.3 Å². The maximum atomic E-state index is 12.9. The van der Waals surface area contributed by atoms with Crippen LogP contribution in [-0.2, 0) is 9.59 Å². The van der Waals surface area contributed by atoms with Gasteiger partial charge in [0, 0.05) is 10.9 Å². The fraction of sp³-hybridized carbons (Fsp3) is 0.667. The number of hydrogen-bond acceptors (Lipinski definition) is 4. The molecule has 0 aromatic carbocycles. The number of carbonyl (C=O) groups is 3. The zero-order chi connectivity index (χ0) is 20.3. The third-order valence-electron chi connectivity index (χ3n) is 6.21. The summed E-state index contributed by atoms with van der Waals surface area (Å²) in [5.41, 5.74) is 1.41. The van der Waals surface area contributed by atoms with E-state index in [9.17, 15) is 19.5 Å².